The molecule has 2 amide bonds. The van der Waals surface area contributed by atoms with E-state index in [0.29, 0.717) is 55.7 Å². The van der Waals surface area contributed by atoms with Crippen LogP contribution in [0.3, 0.4) is 0 Å². The minimum atomic E-state index is -1.12. The van der Waals surface area contributed by atoms with E-state index in [4.69, 9.17) is 0 Å². The van der Waals surface area contributed by atoms with Crippen molar-refractivity contribution in [3.63, 3.8) is 0 Å². The fourth-order valence-corrected chi connectivity index (χ4v) is 9.35. The number of fused-ring (bicyclic) bond motifs is 1. The Morgan fingerprint density at radius 3 is 2.13 bits per heavy atom. The van der Waals surface area contributed by atoms with Crippen molar-refractivity contribution in [2.24, 2.45) is 5.92 Å². The van der Waals surface area contributed by atoms with Gasteiger partial charge in [0.05, 0.1) is 0 Å². The fraction of sp³-hybridized carbons (Fsp3) is 0.742. The first-order chi connectivity index (χ1) is 18.5. The summed E-state index contributed by atoms with van der Waals surface area (Å²) in [5.74, 6) is 2.38. The lowest BCUT2D eigenvalue weighted by molar-refractivity contribution is -0.143. The molecule has 6 nitrogen and oxygen atoms in total. The average Bonchev–Trinajstić information content (AvgIpc) is 3.52. The first-order valence-corrected chi connectivity index (χ1v) is 16.3. The van der Waals surface area contributed by atoms with E-state index >= 15 is 0 Å². The third-order valence-electron chi connectivity index (χ3n) is 10.4. The van der Waals surface area contributed by atoms with Crippen LogP contribution in [0.2, 0.25) is 0 Å². The third kappa shape index (κ3) is 5.27. The molecule has 38 heavy (non-hydrogen) atoms. The molecule has 2 aliphatic heterocycles. The average molecular weight is 540 g/mol. The predicted octanol–water partition coefficient (Wildman–Crippen LogP) is 4.92. The summed E-state index contributed by atoms with van der Waals surface area (Å²) >= 11 is 2.15. The highest BCUT2D eigenvalue weighted by Crippen LogP contribution is 2.52. The molecule has 3 unspecified atom stereocenters. The number of piperazine rings is 1. The fourth-order valence-electron chi connectivity index (χ4n) is 7.74. The Morgan fingerprint density at radius 2 is 1.47 bits per heavy atom. The van der Waals surface area contributed by atoms with Gasteiger partial charge in [-0.15, -0.1) is 11.8 Å². The second-order valence-corrected chi connectivity index (χ2v) is 13.8. The zero-order chi connectivity index (χ0) is 26.2. The molecule has 5 fully saturated rings. The number of nitrogens with one attached hydrogen (secondary N) is 1. The maximum Gasteiger partial charge on any atom is 0.254 e. The molecule has 2 N–H and O–H groups in total. The minimum absolute atomic E-state index is 0.0483. The summed E-state index contributed by atoms with van der Waals surface area (Å²) in [6.45, 7) is 2.06. The number of hydrogen-bond acceptors (Lipinski definition) is 5. The van der Waals surface area contributed by atoms with Crippen LogP contribution < -0.4 is 5.32 Å². The minimum Gasteiger partial charge on any atom is -0.380 e. The van der Waals surface area contributed by atoms with Crippen molar-refractivity contribution >= 4 is 23.6 Å². The van der Waals surface area contributed by atoms with E-state index in [1.165, 1.54) is 76.2 Å². The van der Waals surface area contributed by atoms with Crippen molar-refractivity contribution in [2.45, 2.75) is 106 Å². The Balaban J connectivity index is 1.05. The van der Waals surface area contributed by atoms with E-state index in [-0.39, 0.29) is 11.8 Å². The number of carbonyl (C=O) groups is 2. The van der Waals surface area contributed by atoms with E-state index < -0.39 is 5.60 Å². The number of nitrogens with zero attached hydrogens (tertiary/aromatic N) is 2. The number of amides is 2. The number of benzene rings is 1. The molecule has 208 valence electrons. The Hall–Kier alpha value is -1.57. The molecular formula is C31H45N3O3S. The zero-order valence-electron chi connectivity index (χ0n) is 22.8. The van der Waals surface area contributed by atoms with Gasteiger partial charge < -0.3 is 20.2 Å². The van der Waals surface area contributed by atoms with E-state index in [2.05, 4.69) is 29.2 Å². The molecular weight excluding hydrogens is 494 g/mol. The normalized spacial score (nSPS) is 32.1. The molecule has 5 aliphatic rings. The smallest absolute Gasteiger partial charge is 0.254 e. The van der Waals surface area contributed by atoms with Crippen LogP contribution >= 0.6 is 11.8 Å². The largest absolute Gasteiger partial charge is 0.380 e. The van der Waals surface area contributed by atoms with Crippen molar-refractivity contribution in [1.82, 2.24) is 15.1 Å². The molecule has 0 spiro atoms. The number of rotatable bonds is 4. The molecule has 3 aliphatic carbocycles. The molecule has 0 bridgehead atoms. The Bertz CT molecular complexity index is 994. The van der Waals surface area contributed by atoms with Gasteiger partial charge in [0.25, 0.3) is 11.8 Å². The van der Waals surface area contributed by atoms with Crippen LogP contribution in [-0.4, -0.2) is 75.2 Å². The van der Waals surface area contributed by atoms with E-state index in [1.54, 1.807) is 4.90 Å². The zero-order valence-corrected chi connectivity index (χ0v) is 23.7. The van der Waals surface area contributed by atoms with Crippen molar-refractivity contribution in [3.05, 3.63) is 35.4 Å². The van der Waals surface area contributed by atoms with Crippen molar-refractivity contribution in [1.29, 1.82) is 0 Å². The summed E-state index contributed by atoms with van der Waals surface area (Å²) in [6, 6.07) is 8.42. The summed E-state index contributed by atoms with van der Waals surface area (Å²) in [4.78, 5) is 29.2. The third-order valence-corrected chi connectivity index (χ3v) is 11.7. The highest BCUT2D eigenvalue weighted by atomic mass is 32.2. The second kappa shape index (κ2) is 11.1. The summed E-state index contributed by atoms with van der Waals surface area (Å²) in [5.41, 5.74) is 1.33. The molecule has 6 rings (SSSR count). The van der Waals surface area contributed by atoms with Crippen LogP contribution in [0.15, 0.2) is 24.3 Å². The lowest BCUT2D eigenvalue weighted by Crippen LogP contribution is -2.56. The van der Waals surface area contributed by atoms with E-state index in [1.807, 2.05) is 17.0 Å². The lowest BCUT2D eigenvalue weighted by Gasteiger charge is -2.47. The molecule has 0 radical (unpaired) electrons. The van der Waals surface area contributed by atoms with Gasteiger partial charge in [0.2, 0.25) is 0 Å². The first-order valence-electron chi connectivity index (χ1n) is 15.3. The van der Waals surface area contributed by atoms with Gasteiger partial charge in [0, 0.05) is 48.4 Å². The predicted molar refractivity (Wildman–Crippen MR) is 152 cm³/mol. The van der Waals surface area contributed by atoms with Gasteiger partial charge >= 0.3 is 0 Å². The molecule has 2 saturated heterocycles. The van der Waals surface area contributed by atoms with Crippen LogP contribution in [0.1, 0.15) is 105 Å². The maximum atomic E-state index is 13.2. The van der Waals surface area contributed by atoms with Gasteiger partial charge in [-0.05, 0) is 74.5 Å². The summed E-state index contributed by atoms with van der Waals surface area (Å²) in [6.07, 6.45) is 16.1. The highest BCUT2D eigenvalue weighted by molar-refractivity contribution is 8.00. The SMILES string of the molecule is O=C(c1ccc(C2CCC3(C4CCCCCCCC4)NCSC3C2)cc1)N1CCN(C(=O)C2(O)CC2)CC1. The number of thioether (sulfide) groups is 1. The van der Waals surface area contributed by atoms with Gasteiger partial charge in [0.15, 0.2) is 0 Å². The Labute approximate surface area is 232 Å². The van der Waals surface area contributed by atoms with Crippen LogP contribution in [0, 0.1) is 5.92 Å². The molecule has 1 aromatic rings. The van der Waals surface area contributed by atoms with Gasteiger partial charge in [-0.1, -0.05) is 50.7 Å². The van der Waals surface area contributed by atoms with Crippen molar-refractivity contribution in [3.8, 4) is 0 Å². The van der Waals surface area contributed by atoms with Crippen molar-refractivity contribution in [2.75, 3.05) is 32.1 Å². The Kier molecular flexibility index (Phi) is 7.80. The highest BCUT2D eigenvalue weighted by Gasteiger charge is 2.52. The number of aliphatic hydroxyl groups is 1. The van der Waals surface area contributed by atoms with Crippen LogP contribution in [0.4, 0.5) is 0 Å². The number of carbonyl (C=O) groups excluding carboxylic acids is 2. The summed E-state index contributed by atoms with van der Waals surface area (Å²) < 4.78 is 0. The van der Waals surface area contributed by atoms with Gasteiger partial charge in [-0.2, -0.15) is 0 Å². The maximum absolute atomic E-state index is 13.2. The Morgan fingerprint density at radius 1 is 0.842 bits per heavy atom. The van der Waals surface area contributed by atoms with E-state index in [9.17, 15) is 14.7 Å². The first kappa shape index (κ1) is 26.6. The topological polar surface area (TPSA) is 72.9 Å². The molecule has 7 heteroatoms. The molecule has 3 atom stereocenters. The van der Waals surface area contributed by atoms with Gasteiger partial charge in [-0.3, -0.25) is 9.59 Å². The molecule has 0 aromatic heterocycles. The second-order valence-electron chi connectivity index (χ2n) is 12.6. The standard InChI is InChI=1S/C31H45N3O3S/c35-28(33-17-19-34(20-18-33)29(36)30(37)15-16-30)24-11-9-23(10-12-24)25-13-14-31(27(21-25)38-22-32-31)26-7-5-3-1-2-4-6-8-26/h9-12,25-27,32,37H,1-8,13-22H2. The van der Waals surface area contributed by atoms with Crippen molar-refractivity contribution < 1.29 is 14.7 Å². The van der Waals surface area contributed by atoms with Crippen LogP contribution in [-0.2, 0) is 4.79 Å². The van der Waals surface area contributed by atoms with Gasteiger partial charge in [0.1, 0.15) is 5.60 Å². The van der Waals surface area contributed by atoms with Crippen LogP contribution in [0.25, 0.3) is 0 Å². The molecule has 3 saturated carbocycles. The van der Waals surface area contributed by atoms with E-state index in [0.717, 1.165) is 17.4 Å². The summed E-state index contributed by atoms with van der Waals surface area (Å²) in [7, 11) is 0. The molecule has 2 heterocycles. The monoisotopic (exact) mass is 539 g/mol. The van der Waals surface area contributed by atoms with Crippen LogP contribution in [0.5, 0.6) is 0 Å². The lowest BCUT2D eigenvalue weighted by atomic mass is 9.65. The number of hydrogen-bond donors (Lipinski definition) is 2. The quantitative estimate of drug-likeness (QED) is 0.569. The molecule has 1 aromatic carbocycles. The van der Waals surface area contributed by atoms with Gasteiger partial charge in [-0.25, -0.2) is 0 Å². The summed E-state index contributed by atoms with van der Waals surface area (Å²) in [5, 5.41) is 14.9.